The second-order valence-electron chi connectivity index (χ2n) is 4.43. The number of hydrogen-bond donors (Lipinski definition) is 1. The second-order valence-corrected chi connectivity index (χ2v) is 4.87. The summed E-state index contributed by atoms with van der Waals surface area (Å²) in [5.41, 5.74) is 0.434. The van der Waals surface area contributed by atoms with Crippen molar-refractivity contribution >= 4 is 17.5 Å². The summed E-state index contributed by atoms with van der Waals surface area (Å²) >= 11 is 5.78. The quantitative estimate of drug-likeness (QED) is 0.882. The molecule has 0 radical (unpaired) electrons. The van der Waals surface area contributed by atoms with Crippen LogP contribution in [0.25, 0.3) is 0 Å². The van der Waals surface area contributed by atoms with Crippen molar-refractivity contribution in [2.45, 2.75) is 32.2 Å². The zero-order chi connectivity index (χ0) is 12.3. The Morgan fingerprint density at radius 1 is 1.41 bits per heavy atom. The molecule has 17 heavy (non-hydrogen) atoms. The number of carbonyl (C=O) groups excluding carboxylic acids is 1. The van der Waals surface area contributed by atoms with Gasteiger partial charge in [-0.15, -0.1) is 0 Å². The summed E-state index contributed by atoms with van der Waals surface area (Å²) in [5.74, 6) is -0.194. The van der Waals surface area contributed by atoms with Crippen molar-refractivity contribution in [3.8, 4) is 0 Å². The molecule has 0 aliphatic heterocycles. The molecule has 0 atom stereocenters. The van der Waals surface area contributed by atoms with Crippen LogP contribution >= 0.6 is 11.6 Å². The lowest BCUT2D eigenvalue weighted by Crippen LogP contribution is -2.29. The van der Waals surface area contributed by atoms with Crippen LogP contribution in [0.4, 0.5) is 4.39 Å². The highest BCUT2D eigenvalue weighted by molar-refractivity contribution is 6.30. The molecule has 1 saturated carbocycles. The highest BCUT2D eigenvalue weighted by Gasteiger charge is 2.22. The molecule has 2 rings (SSSR count). The fourth-order valence-corrected chi connectivity index (χ4v) is 2.39. The second kappa shape index (κ2) is 5.50. The van der Waals surface area contributed by atoms with Gasteiger partial charge in [-0.1, -0.05) is 24.4 Å². The Morgan fingerprint density at radius 2 is 2.12 bits per heavy atom. The molecule has 2 nitrogen and oxygen atoms in total. The topological polar surface area (TPSA) is 29.1 Å². The Labute approximate surface area is 105 Å². The third-order valence-corrected chi connectivity index (χ3v) is 3.42. The van der Waals surface area contributed by atoms with E-state index >= 15 is 0 Å². The smallest absolute Gasteiger partial charge is 0.223 e. The van der Waals surface area contributed by atoms with Gasteiger partial charge in [0.1, 0.15) is 5.82 Å². The molecule has 0 bridgehead atoms. The van der Waals surface area contributed by atoms with E-state index in [0.29, 0.717) is 10.6 Å². The Kier molecular flexibility index (Phi) is 4.00. The zero-order valence-electron chi connectivity index (χ0n) is 9.51. The molecule has 0 saturated heterocycles. The minimum Gasteiger partial charge on any atom is -0.352 e. The van der Waals surface area contributed by atoms with Gasteiger partial charge in [0.05, 0.1) is 0 Å². The van der Waals surface area contributed by atoms with Crippen molar-refractivity contribution in [1.82, 2.24) is 5.32 Å². The van der Waals surface area contributed by atoms with Gasteiger partial charge in [0, 0.05) is 23.0 Å². The Hall–Kier alpha value is -1.09. The van der Waals surface area contributed by atoms with Crippen molar-refractivity contribution < 1.29 is 9.18 Å². The number of rotatable bonds is 3. The molecule has 1 aromatic carbocycles. The molecule has 0 spiro atoms. The first kappa shape index (κ1) is 12.4. The minimum atomic E-state index is -0.332. The van der Waals surface area contributed by atoms with E-state index in [4.69, 9.17) is 11.6 Å². The molecule has 4 heteroatoms. The monoisotopic (exact) mass is 255 g/mol. The van der Waals surface area contributed by atoms with E-state index < -0.39 is 0 Å². The molecule has 92 valence electrons. The van der Waals surface area contributed by atoms with E-state index in [0.717, 1.165) is 25.7 Å². The highest BCUT2D eigenvalue weighted by Crippen LogP contribution is 2.24. The minimum absolute atomic E-state index is 0.0295. The predicted octanol–water partition coefficient (Wildman–Crippen LogP) is 3.29. The van der Waals surface area contributed by atoms with E-state index in [1.54, 1.807) is 6.07 Å². The fourth-order valence-electron chi connectivity index (χ4n) is 2.19. The van der Waals surface area contributed by atoms with Crippen LogP contribution < -0.4 is 5.32 Å². The van der Waals surface area contributed by atoms with Crippen LogP contribution in [0.2, 0.25) is 5.02 Å². The first-order valence-electron chi connectivity index (χ1n) is 5.88. The average Bonchev–Trinajstić information content (AvgIpc) is 2.83. The van der Waals surface area contributed by atoms with Gasteiger partial charge in [0.2, 0.25) is 5.91 Å². The molecule has 1 aliphatic rings. The number of halogens is 2. The van der Waals surface area contributed by atoms with Gasteiger partial charge < -0.3 is 5.32 Å². The number of amides is 1. The summed E-state index contributed by atoms with van der Waals surface area (Å²) in [5, 5.41) is 3.25. The largest absolute Gasteiger partial charge is 0.352 e. The SMILES string of the molecule is O=C(NCc1cc(Cl)ccc1F)C1CCCC1. The summed E-state index contributed by atoms with van der Waals surface area (Å²) in [6.45, 7) is 0.210. The highest BCUT2D eigenvalue weighted by atomic mass is 35.5. The van der Waals surface area contributed by atoms with E-state index in [9.17, 15) is 9.18 Å². The maximum absolute atomic E-state index is 13.4. The molecule has 1 fully saturated rings. The van der Waals surface area contributed by atoms with Gasteiger partial charge in [-0.3, -0.25) is 4.79 Å². The van der Waals surface area contributed by atoms with Crippen LogP contribution in [0.1, 0.15) is 31.2 Å². The van der Waals surface area contributed by atoms with E-state index in [2.05, 4.69) is 5.32 Å². The number of benzene rings is 1. The number of hydrogen-bond acceptors (Lipinski definition) is 1. The third-order valence-electron chi connectivity index (χ3n) is 3.19. The molecule has 1 N–H and O–H groups in total. The molecule has 0 heterocycles. The van der Waals surface area contributed by atoms with Gasteiger partial charge in [-0.2, -0.15) is 0 Å². The molecule has 1 aromatic rings. The van der Waals surface area contributed by atoms with Crippen molar-refractivity contribution in [1.29, 1.82) is 0 Å². The summed E-state index contributed by atoms with van der Waals surface area (Å²) in [4.78, 5) is 11.7. The van der Waals surface area contributed by atoms with Crippen LogP contribution in [-0.4, -0.2) is 5.91 Å². The van der Waals surface area contributed by atoms with Crippen molar-refractivity contribution in [3.63, 3.8) is 0 Å². The van der Waals surface area contributed by atoms with Crippen LogP contribution in [0, 0.1) is 11.7 Å². The molecule has 1 aliphatic carbocycles. The number of nitrogens with one attached hydrogen (secondary N) is 1. The predicted molar refractivity (Wildman–Crippen MR) is 65.2 cm³/mol. The van der Waals surface area contributed by atoms with Gasteiger partial charge >= 0.3 is 0 Å². The lowest BCUT2D eigenvalue weighted by molar-refractivity contribution is -0.124. The molecular weight excluding hydrogens is 241 g/mol. The van der Waals surface area contributed by atoms with Crippen molar-refractivity contribution in [2.24, 2.45) is 5.92 Å². The zero-order valence-corrected chi connectivity index (χ0v) is 10.3. The van der Waals surface area contributed by atoms with Crippen LogP contribution in [0.5, 0.6) is 0 Å². The van der Waals surface area contributed by atoms with Gasteiger partial charge in [-0.05, 0) is 31.0 Å². The van der Waals surface area contributed by atoms with E-state index in [-0.39, 0.29) is 24.2 Å². The molecule has 0 unspecified atom stereocenters. The Bertz CT molecular complexity index is 416. The third kappa shape index (κ3) is 3.19. The first-order chi connectivity index (χ1) is 8.16. The average molecular weight is 256 g/mol. The molecule has 0 aromatic heterocycles. The number of carbonyl (C=O) groups is 1. The normalized spacial score (nSPS) is 16.1. The van der Waals surface area contributed by atoms with Crippen LogP contribution in [-0.2, 0) is 11.3 Å². The first-order valence-corrected chi connectivity index (χ1v) is 6.26. The van der Waals surface area contributed by atoms with Crippen LogP contribution in [0.3, 0.4) is 0 Å². The summed E-state index contributed by atoms with van der Waals surface area (Å²) in [6, 6.07) is 4.37. The Morgan fingerprint density at radius 3 is 2.82 bits per heavy atom. The maximum Gasteiger partial charge on any atom is 0.223 e. The Balaban J connectivity index is 1.92. The van der Waals surface area contributed by atoms with E-state index in [1.807, 2.05) is 0 Å². The lowest BCUT2D eigenvalue weighted by atomic mass is 10.1. The fraction of sp³-hybridized carbons (Fsp3) is 0.462. The molecular formula is C13H15ClFNO. The summed E-state index contributed by atoms with van der Waals surface area (Å²) in [6.07, 6.45) is 4.13. The summed E-state index contributed by atoms with van der Waals surface area (Å²) in [7, 11) is 0. The van der Waals surface area contributed by atoms with Gasteiger partial charge in [0.25, 0.3) is 0 Å². The van der Waals surface area contributed by atoms with Crippen molar-refractivity contribution in [3.05, 3.63) is 34.6 Å². The standard InChI is InChI=1S/C13H15ClFNO/c14-11-5-6-12(15)10(7-11)8-16-13(17)9-3-1-2-4-9/h5-7,9H,1-4,8H2,(H,16,17). The van der Waals surface area contributed by atoms with Gasteiger partial charge in [-0.25, -0.2) is 4.39 Å². The van der Waals surface area contributed by atoms with E-state index in [1.165, 1.54) is 12.1 Å². The van der Waals surface area contributed by atoms with Gasteiger partial charge in [0.15, 0.2) is 0 Å². The summed E-state index contributed by atoms with van der Waals surface area (Å²) < 4.78 is 13.4. The lowest BCUT2D eigenvalue weighted by Gasteiger charge is -2.10. The maximum atomic E-state index is 13.4. The van der Waals surface area contributed by atoms with Crippen molar-refractivity contribution in [2.75, 3.05) is 0 Å². The molecule has 1 amide bonds. The van der Waals surface area contributed by atoms with Crippen LogP contribution in [0.15, 0.2) is 18.2 Å².